The number of alkyl halides is 3. The molecule has 2 amide bonds. The van der Waals surface area contributed by atoms with E-state index in [-0.39, 0.29) is 36.5 Å². The number of piperazine rings is 1. The molecule has 1 atom stereocenters. The van der Waals surface area contributed by atoms with Crippen LogP contribution in [0, 0.1) is 17.6 Å². The first-order chi connectivity index (χ1) is 19.8. The van der Waals surface area contributed by atoms with Crippen LogP contribution in [0.3, 0.4) is 0 Å². The molecule has 2 heterocycles. The SMILES string of the molecule is C[C@@H]1CN(CCC(F)(F)F)CCN1c1cc(Cl)ccc1NC(=O)c1ccc(CNC(=O)C2CCN(C)CC2)c(F)c1F. The summed E-state index contributed by atoms with van der Waals surface area (Å²) in [6, 6.07) is 6.93. The van der Waals surface area contributed by atoms with Crippen molar-refractivity contribution in [3.8, 4) is 0 Å². The molecule has 0 radical (unpaired) electrons. The highest BCUT2D eigenvalue weighted by atomic mass is 35.5. The molecule has 13 heteroatoms. The zero-order valence-corrected chi connectivity index (χ0v) is 24.3. The van der Waals surface area contributed by atoms with E-state index in [2.05, 4.69) is 15.5 Å². The average Bonchev–Trinajstić information content (AvgIpc) is 2.93. The lowest BCUT2D eigenvalue weighted by atomic mass is 9.96. The minimum Gasteiger partial charge on any atom is -0.365 e. The predicted molar refractivity (Wildman–Crippen MR) is 152 cm³/mol. The van der Waals surface area contributed by atoms with E-state index in [1.54, 1.807) is 17.0 Å². The van der Waals surface area contributed by atoms with Crippen molar-refractivity contribution < 1.29 is 31.5 Å². The number of halogens is 6. The van der Waals surface area contributed by atoms with Crippen molar-refractivity contribution in [3.05, 3.63) is 58.1 Å². The van der Waals surface area contributed by atoms with E-state index >= 15 is 4.39 Å². The van der Waals surface area contributed by atoms with Crippen molar-refractivity contribution in [2.45, 2.75) is 44.9 Å². The summed E-state index contributed by atoms with van der Waals surface area (Å²) in [7, 11) is 1.98. The molecular formula is C29H35ClF5N5O2. The predicted octanol–water partition coefficient (Wildman–Crippen LogP) is 5.29. The normalized spacial score (nSPS) is 19.1. The van der Waals surface area contributed by atoms with E-state index < -0.39 is 35.7 Å². The minimum absolute atomic E-state index is 0.0743. The van der Waals surface area contributed by atoms with Crippen molar-refractivity contribution in [2.75, 3.05) is 56.5 Å². The van der Waals surface area contributed by atoms with Gasteiger partial charge in [0.2, 0.25) is 5.91 Å². The smallest absolute Gasteiger partial charge is 0.365 e. The molecule has 0 saturated carbocycles. The van der Waals surface area contributed by atoms with Gasteiger partial charge in [-0.3, -0.25) is 14.5 Å². The number of benzene rings is 2. The fraction of sp³-hybridized carbons (Fsp3) is 0.517. The average molecular weight is 616 g/mol. The number of anilines is 2. The molecule has 0 bridgehead atoms. The maximum absolute atomic E-state index is 15.0. The summed E-state index contributed by atoms with van der Waals surface area (Å²) in [6.07, 6.45) is -3.75. The number of rotatable bonds is 8. The van der Waals surface area contributed by atoms with E-state index in [1.165, 1.54) is 18.2 Å². The number of piperidine rings is 1. The summed E-state index contributed by atoms with van der Waals surface area (Å²) in [4.78, 5) is 31.3. The van der Waals surface area contributed by atoms with Crippen molar-refractivity contribution in [1.29, 1.82) is 0 Å². The molecule has 2 N–H and O–H groups in total. The van der Waals surface area contributed by atoms with Crippen LogP contribution < -0.4 is 15.5 Å². The molecule has 2 aromatic carbocycles. The number of nitrogens with one attached hydrogen (secondary N) is 2. The third-order valence-corrected chi connectivity index (χ3v) is 8.12. The van der Waals surface area contributed by atoms with Crippen LogP contribution in [0.1, 0.15) is 42.1 Å². The van der Waals surface area contributed by atoms with E-state index in [4.69, 9.17) is 11.6 Å². The fourth-order valence-corrected chi connectivity index (χ4v) is 5.58. The van der Waals surface area contributed by atoms with Gasteiger partial charge in [0.25, 0.3) is 5.91 Å². The van der Waals surface area contributed by atoms with Gasteiger partial charge in [-0.1, -0.05) is 17.7 Å². The lowest BCUT2D eigenvalue weighted by Gasteiger charge is -2.42. The Labute approximate surface area is 247 Å². The van der Waals surface area contributed by atoms with Gasteiger partial charge in [0.1, 0.15) is 0 Å². The largest absolute Gasteiger partial charge is 0.390 e. The summed E-state index contributed by atoms with van der Waals surface area (Å²) < 4.78 is 68.0. The highest BCUT2D eigenvalue weighted by molar-refractivity contribution is 6.31. The van der Waals surface area contributed by atoms with Crippen LogP contribution in [-0.4, -0.2) is 80.1 Å². The van der Waals surface area contributed by atoms with Gasteiger partial charge < -0.3 is 20.4 Å². The molecule has 42 heavy (non-hydrogen) atoms. The van der Waals surface area contributed by atoms with E-state index in [0.717, 1.165) is 13.1 Å². The molecule has 2 aromatic rings. The summed E-state index contributed by atoms with van der Waals surface area (Å²) in [6.45, 7) is 4.23. The number of nitrogens with zero attached hydrogens (tertiary/aromatic N) is 3. The Kier molecular flexibility index (Phi) is 10.3. The maximum atomic E-state index is 15.0. The highest BCUT2D eigenvalue weighted by Gasteiger charge is 2.31. The topological polar surface area (TPSA) is 67.9 Å². The second-order valence-corrected chi connectivity index (χ2v) is 11.5. The highest BCUT2D eigenvalue weighted by Crippen LogP contribution is 2.33. The van der Waals surface area contributed by atoms with Gasteiger partial charge in [-0.25, -0.2) is 8.78 Å². The number of amides is 2. The van der Waals surface area contributed by atoms with Crippen LogP contribution >= 0.6 is 11.6 Å². The molecular weight excluding hydrogens is 581 g/mol. The number of likely N-dealkylation sites (tertiary alicyclic amines) is 1. The van der Waals surface area contributed by atoms with Crippen LogP contribution in [0.25, 0.3) is 0 Å². The Balaban J connectivity index is 1.42. The molecule has 2 fully saturated rings. The van der Waals surface area contributed by atoms with Gasteiger partial charge >= 0.3 is 6.18 Å². The van der Waals surface area contributed by atoms with Crippen LogP contribution in [0.5, 0.6) is 0 Å². The molecule has 0 aliphatic carbocycles. The third kappa shape index (κ3) is 8.11. The van der Waals surface area contributed by atoms with Crippen molar-refractivity contribution >= 4 is 34.8 Å². The Morgan fingerprint density at radius 2 is 1.74 bits per heavy atom. The summed E-state index contributed by atoms with van der Waals surface area (Å²) >= 11 is 6.22. The van der Waals surface area contributed by atoms with E-state index in [1.807, 2.05) is 18.9 Å². The van der Waals surface area contributed by atoms with Crippen LogP contribution in [-0.2, 0) is 11.3 Å². The molecule has 4 rings (SSSR count). The molecule has 2 aliphatic heterocycles. The van der Waals surface area contributed by atoms with Gasteiger partial charge in [0, 0.05) is 55.3 Å². The van der Waals surface area contributed by atoms with Crippen LogP contribution in [0.2, 0.25) is 5.02 Å². The van der Waals surface area contributed by atoms with Gasteiger partial charge in [0.05, 0.1) is 23.4 Å². The van der Waals surface area contributed by atoms with Crippen LogP contribution in [0.4, 0.5) is 33.3 Å². The Hall–Kier alpha value is -2.96. The first-order valence-corrected chi connectivity index (χ1v) is 14.3. The molecule has 7 nitrogen and oxygen atoms in total. The number of hydrogen-bond donors (Lipinski definition) is 2. The van der Waals surface area contributed by atoms with E-state index in [9.17, 15) is 27.2 Å². The van der Waals surface area contributed by atoms with Gasteiger partial charge in [-0.2, -0.15) is 13.2 Å². The van der Waals surface area contributed by atoms with Gasteiger partial charge in [0.15, 0.2) is 11.6 Å². The van der Waals surface area contributed by atoms with Crippen molar-refractivity contribution in [2.24, 2.45) is 5.92 Å². The zero-order chi connectivity index (χ0) is 30.6. The third-order valence-electron chi connectivity index (χ3n) is 7.89. The standard InChI is InChI=1S/C29H35ClF5N5O2/c1-18-17-39(12-9-29(33,34)35)13-14-40(18)24-15-21(30)4-6-23(24)37-28(42)22-5-3-20(25(31)26(22)32)16-36-27(41)19-7-10-38(2)11-8-19/h3-6,15,18-19H,7-14,16-17H2,1-2H3,(H,36,41)(H,37,42)/t18-/m1/s1. The summed E-state index contributed by atoms with van der Waals surface area (Å²) in [5, 5.41) is 5.67. The maximum Gasteiger partial charge on any atom is 0.390 e. The summed E-state index contributed by atoms with van der Waals surface area (Å²) in [5.41, 5.74) is 0.237. The molecule has 0 spiro atoms. The first kappa shape index (κ1) is 32.0. The minimum atomic E-state index is -4.24. The fourth-order valence-electron chi connectivity index (χ4n) is 5.42. The molecule has 0 unspecified atom stereocenters. The Morgan fingerprint density at radius 1 is 1.02 bits per heavy atom. The summed E-state index contributed by atoms with van der Waals surface area (Å²) in [5.74, 6) is -3.82. The lowest BCUT2D eigenvalue weighted by Crippen LogP contribution is -2.52. The number of hydrogen-bond acceptors (Lipinski definition) is 5. The first-order valence-electron chi connectivity index (χ1n) is 13.9. The number of carbonyl (C=O) groups is 2. The second kappa shape index (κ2) is 13.6. The monoisotopic (exact) mass is 615 g/mol. The number of carbonyl (C=O) groups excluding carboxylic acids is 2. The van der Waals surface area contributed by atoms with E-state index in [0.29, 0.717) is 48.9 Å². The Bertz CT molecular complexity index is 1290. The second-order valence-electron chi connectivity index (χ2n) is 11.0. The van der Waals surface area contributed by atoms with Gasteiger partial charge in [-0.05, 0) is 64.2 Å². The van der Waals surface area contributed by atoms with Crippen molar-refractivity contribution in [1.82, 2.24) is 15.1 Å². The zero-order valence-electron chi connectivity index (χ0n) is 23.5. The quantitative estimate of drug-likeness (QED) is 0.395. The lowest BCUT2D eigenvalue weighted by molar-refractivity contribution is -0.138. The van der Waals surface area contributed by atoms with Crippen molar-refractivity contribution in [3.63, 3.8) is 0 Å². The molecule has 2 aliphatic rings. The van der Waals surface area contributed by atoms with Gasteiger partial charge in [-0.15, -0.1) is 0 Å². The molecule has 0 aromatic heterocycles. The molecule has 2 saturated heterocycles. The molecule has 230 valence electrons. The van der Waals surface area contributed by atoms with Crippen LogP contribution in [0.15, 0.2) is 30.3 Å². The Morgan fingerprint density at radius 3 is 2.40 bits per heavy atom.